The van der Waals surface area contributed by atoms with E-state index in [1.807, 2.05) is 0 Å². The third kappa shape index (κ3) is 6.78. The largest absolute Gasteiger partial charge is 0.465 e. The van der Waals surface area contributed by atoms with Crippen molar-refractivity contribution in [2.24, 2.45) is 0 Å². The Morgan fingerprint density at radius 3 is 2.61 bits per heavy atom. The first-order chi connectivity index (χ1) is 15.7. The summed E-state index contributed by atoms with van der Waals surface area (Å²) in [4.78, 5) is 23.9. The van der Waals surface area contributed by atoms with Crippen LogP contribution in [0.4, 0.5) is 15.8 Å². The molecule has 1 heterocycles. The van der Waals surface area contributed by atoms with E-state index >= 15 is 0 Å². The van der Waals surface area contributed by atoms with Gasteiger partial charge < -0.3 is 15.1 Å². The van der Waals surface area contributed by atoms with Crippen LogP contribution >= 0.6 is 0 Å². The highest BCUT2D eigenvalue weighted by Gasteiger charge is 2.19. The molecule has 1 aromatic heterocycles. The quantitative estimate of drug-likeness (QED) is 0.412. The molecule has 3 N–H and O–H groups in total. The first-order valence-corrected chi connectivity index (χ1v) is 11.4. The van der Waals surface area contributed by atoms with Crippen molar-refractivity contribution in [2.75, 3.05) is 16.6 Å². The second-order valence-corrected chi connectivity index (χ2v) is 8.65. The van der Waals surface area contributed by atoms with Gasteiger partial charge in [0, 0.05) is 24.7 Å². The summed E-state index contributed by atoms with van der Waals surface area (Å²) < 4.78 is 46.7. The van der Waals surface area contributed by atoms with E-state index in [1.54, 1.807) is 25.1 Å². The predicted molar refractivity (Wildman–Crippen MR) is 122 cm³/mol. The molecule has 0 saturated carbocycles. The maximum absolute atomic E-state index is 13.9. The number of carbonyl (C=O) groups excluding carboxylic acids is 2. The fraction of sp³-hybridized carbons (Fsp3) is 0.130. The minimum Gasteiger partial charge on any atom is -0.465 e. The number of aryl methyl sites for hydroxylation is 1. The number of anilines is 2. The molecule has 0 unspecified atom stereocenters. The van der Waals surface area contributed by atoms with Crippen molar-refractivity contribution in [3.63, 3.8) is 0 Å². The van der Waals surface area contributed by atoms with Crippen molar-refractivity contribution in [3.8, 4) is 0 Å². The Morgan fingerprint density at radius 1 is 1.09 bits per heavy atom. The Morgan fingerprint density at radius 2 is 1.88 bits per heavy atom. The summed E-state index contributed by atoms with van der Waals surface area (Å²) in [5.74, 6) is -0.983. The molecule has 0 spiro atoms. The lowest BCUT2D eigenvalue weighted by molar-refractivity contribution is -0.117. The lowest BCUT2D eigenvalue weighted by Crippen LogP contribution is -2.26. The molecule has 10 heteroatoms. The number of furan rings is 1. The number of rotatable bonds is 9. The Hall–Kier alpha value is -3.92. The molecule has 3 rings (SSSR count). The number of benzene rings is 2. The Labute approximate surface area is 190 Å². The second-order valence-electron chi connectivity index (χ2n) is 7.00. The summed E-state index contributed by atoms with van der Waals surface area (Å²) in [5, 5.41) is 5.16. The lowest BCUT2D eigenvalue weighted by atomic mass is 10.2. The average molecular weight is 472 g/mol. The van der Waals surface area contributed by atoms with Crippen LogP contribution in [0.3, 0.4) is 0 Å². The van der Waals surface area contributed by atoms with Gasteiger partial charge in [-0.3, -0.25) is 14.3 Å². The number of nitrogens with one attached hydrogen (secondary N) is 3. The average Bonchev–Trinajstić information content (AvgIpc) is 3.29. The second kappa shape index (κ2) is 10.6. The zero-order chi connectivity index (χ0) is 23.8. The van der Waals surface area contributed by atoms with Gasteiger partial charge in [-0.25, -0.2) is 12.8 Å². The monoisotopic (exact) mass is 471 g/mol. The molecule has 0 radical (unpaired) electrons. The molecule has 0 fully saturated rings. The summed E-state index contributed by atoms with van der Waals surface area (Å²) in [6.07, 6.45) is 4.25. The molecule has 0 bridgehead atoms. The van der Waals surface area contributed by atoms with Crippen molar-refractivity contribution in [1.29, 1.82) is 0 Å². The molecular formula is C23H22FN3O5S. The van der Waals surface area contributed by atoms with E-state index < -0.39 is 21.7 Å². The van der Waals surface area contributed by atoms with Crippen LogP contribution < -0.4 is 15.4 Å². The Kier molecular flexibility index (Phi) is 7.62. The number of carbonyl (C=O) groups is 2. The lowest BCUT2D eigenvalue weighted by Gasteiger charge is -2.13. The molecular weight excluding hydrogens is 449 g/mol. The number of sulfonamides is 1. The van der Waals surface area contributed by atoms with Gasteiger partial charge in [0.1, 0.15) is 11.6 Å². The first-order valence-electron chi connectivity index (χ1n) is 9.92. The summed E-state index contributed by atoms with van der Waals surface area (Å²) in [6, 6.07) is 13.2. The van der Waals surface area contributed by atoms with Gasteiger partial charge in [0.2, 0.25) is 11.8 Å². The highest BCUT2D eigenvalue weighted by molar-refractivity contribution is 7.92. The zero-order valence-corrected chi connectivity index (χ0v) is 18.5. The standard InChI is InChI=1S/C23H22FN3O5S/c1-16-8-9-17(15-21(16)33(30,31)27-20-7-3-2-6-19(20)24)26-23(29)12-13-25-22(28)11-10-18-5-4-14-32-18/h2-11,14-15,27H,12-13H2,1H3,(H,25,28)(H,26,29)/b11-10+. The van der Waals surface area contributed by atoms with Crippen LogP contribution in [0, 0.1) is 12.7 Å². The van der Waals surface area contributed by atoms with Crippen LogP contribution in [-0.2, 0) is 19.6 Å². The summed E-state index contributed by atoms with van der Waals surface area (Å²) in [7, 11) is -4.09. The topological polar surface area (TPSA) is 118 Å². The van der Waals surface area contributed by atoms with E-state index in [4.69, 9.17) is 4.42 Å². The van der Waals surface area contributed by atoms with Crippen LogP contribution in [0.1, 0.15) is 17.7 Å². The van der Waals surface area contributed by atoms with Crippen molar-refractivity contribution < 1.29 is 26.8 Å². The molecule has 0 atom stereocenters. The van der Waals surface area contributed by atoms with E-state index in [2.05, 4.69) is 15.4 Å². The first kappa shape index (κ1) is 23.7. The van der Waals surface area contributed by atoms with E-state index in [0.29, 0.717) is 11.3 Å². The number of hydrogen-bond acceptors (Lipinski definition) is 5. The minimum atomic E-state index is -4.09. The molecule has 0 aliphatic heterocycles. The van der Waals surface area contributed by atoms with Crippen molar-refractivity contribution in [3.05, 3.63) is 84.1 Å². The van der Waals surface area contributed by atoms with Crippen LogP contribution in [0.15, 0.2) is 76.2 Å². The van der Waals surface area contributed by atoms with Crippen LogP contribution in [0.25, 0.3) is 6.08 Å². The van der Waals surface area contributed by atoms with Gasteiger partial charge in [0.15, 0.2) is 0 Å². The van der Waals surface area contributed by atoms with Crippen LogP contribution in [0.2, 0.25) is 0 Å². The van der Waals surface area contributed by atoms with Crippen molar-refractivity contribution in [1.82, 2.24) is 5.32 Å². The summed E-state index contributed by atoms with van der Waals surface area (Å²) >= 11 is 0. The molecule has 0 saturated heterocycles. The SMILES string of the molecule is Cc1ccc(NC(=O)CCNC(=O)/C=C/c2ccco2)cc1S(=O)(=O)Nc1ccccc1F. The van der Waals surface area contributed by atoms with Gasteiger partial charge in [-0.1, -0.05) is 18.2 Å². The normalized spacial score (nSPS) is 11.3. The van der Waals surface area contributed by atoms with E-state index in [-0.39, 0.29) is 35.1 Å². The van der Waals surface area contributed by atoms with Crippen LogP contribution in [-0.4, -0.2) is 26.8 Å². The molecule has 3 aromatic rings. The van der Waals surface area contributed by atoms with Crippen LogP contribution in [0.5, 0.6) is 0 Å². The zero-order valence-electron chi connectivity index (χ0n) is 17.7. The molecule has 172 valence electrons. The third-order valence-corrected chi connectivity index (χ3v) is 5.98. The van der Waals surface area contributed by atoms with E-state index in [9.17, 15) is 22.4 Å². The van der Waals surface area contributed by atoms with E-state index in [0.717, 1.165) is 6.07 Å². The van der Waals surface area contributed by atoms with Crippen molar-refractivity contribution in [2.45, 2.75) is 18.2 Å². The fourth-order valence-corrected chi connectivity index (χ4v) is 4.18. The smallest absolute Gasteiger partial charge is 0.262 e. The Bertz CT molecular complexity index is 1270. The summed E-state index contributed by atoms with van der Waals surface area (Å²) in [5.41, 5.74) is 0.499. The number of amides is 2. The van der Waals surface area contributed by atoms with Crippen molar-refractivity contribution >= 4 is 39.3 Å². The number of para-hydroxylation sites is 1. The molecule has 33 heavy (non-hydrogen) atoms. The minimum absolute atomic E-state index is 0.0240. The van der Waals surface area contributed by atoms with Gasteiger partial charge in [-0.15, -0.1) is 0 Å². The molecule has 2 amide bonds. The third-order valence-electron chi connectivity index (χ3n) is 4.47. The fourth-order valence-electron chi connectivity index (χ4n) is 2.84. The van der Waals surface area contributed by atoms with Gasteiger partial charge >= 0.3 is 0 Å². The maximum atomic E-state index is 13.9. The molecule has 0 aliphatic rings. The highest BCUT2D eigenvalue weighted by atomic mass is 32.2. The molecule has 2 aromatic carbocycles. The highest BCUT2D eigenvalue weighted by Crippen LogP contribution is 2.24. The number of hydrogen-bond donors (Lipinski definition) is 3. The van der Waals surface area contributed by atoms with Gasteiger partial charge in [0.05, 0.1) is 16.8 Å². The maximum Gasteiger partial charge on any atom is 0.262 e. The van der Waals surface area contributed by atoms with Gasteiger partial charge in [-0.05, 0) is 55.0 Å². The number of halogens is 1. The van der Waals surface area contributed by atoms with E-state index in [1.165, 1.54) is 48.7 Å². The van der Waals surface area contributed by atoms with Gasteiger partial charge in [0.25, 0.3) is 10.0 Å². The summed E-state index contributed by atoms with van der Waals surface area (Å²) in [6.45, 7) is 1.67. The molecule has 8 nitrogen and oxygen atoms in total. The molecule has 0 aliphatic carbocycles. The van der Waals surface area contributed by atoms with Gasteiger partial charge in [-0.2, -0.15) is 0 Å². The predicted octanol–water partition coefficient (Wildman–Crippen LogP) is 3.69. The Balaban J connectivity index is 1.58.